The second kappa shape index (κ2) is 4.71. The molecule has 0 unspecified atom stereocenters. The van der Waals surface area contributed by atoms with Crippen molar-refractivity contribution in [2.24, 2.45) is 5.73 Å². The van der Waals surface area contributed by atoms with E-state index in [0.717, 1.165) is 12.4 Å². The summed E-state index contributed by atoms with van der Waals surface area (Å²) in [6.07, 6.45) is 5.71. The van der Waals surface area contributed by atoms with Crippen molar-refractivity contribution in [1.29, 1.82) is 0 Å². The van der Waals surface area contributed by atoms with E-state index in [1.54, 1.807) is 18.6 Å². The van der Waals surface area contributed by atoms with E-state index in [1.165, 1.54) is 0 Å². The molecule has 1 aromatic heterocycles. The summed E-state index contributed by atoms with van der Waals surface area (Å²) in [5.74, 6) is 0.832. The fourth-order valence-corrected chi connectivity index (χ4v) is 0.972. The smallest absolute Gasteiger partial charge is 0.146 e. The highest BCUT2D eigenvalue weighted by molar-refractivity contribution is 7.80. The third-order valence-corrected chi connectivity index (χ3v) is 1.84. The lowest BCUT2D eigenvalue weighted by Crippen LogP contribution is -2.24. The molecule has 0 fully saturated rings. The Labute approximate surface area is 82.8 Å². The highest BCUT2D eigenvalue weighted by Crippen LogP contribution is 2.04. The van der Waals surface area contributed by atoms with Crippen molar-refractivity contribution in [3.05, 3.63) is 18.6 Å². The van der Waals surface area contributed by atoms with Gasteiger partial charge in [-0.05, 0) is 0 Å². The molecule has 0 saturated heterocycles. The molecule has 0 aliphatic rings. The first-order chi connectivity index (χ1) is 6.20. The maximum absolute atomic E-state index is 5.39. The average molecular weight is 196 g/mol. The molecule has 0 aromatic carbocycles. The van der Waals surface area contributed by atoms with E-state index >= 15 is 0 Å². The third-order valence-electron chi connectivity index (χ3n) is 1.63. The molecule has 5 heteroatoms. The summed E-state index contributed by atoms with van der Waals surface area (Å²) >= 11 is 4.78. The van der Waals surface area contributed by atoms with Gasteiger partial charge in [0.25, 0.3) is 0 Å². The van der Waals surface area contributed by atoms with Gasteiger partial charge in [-0.15, -0.1) is 0 Å². The first-order valence-corrected chi connectivity index (χ1v) is 4.36. The molecule has 1 rings (SSSR count). The van der Waals surface area contributed by atoms with E-state index < -0.39 is 0 Å². The van der Waals surface area contributed by atoms with Gasteiger partial charge >= 0.3 is 0 Å². The predicted molar refractivity (Wildman–Crippen MR) is 56.7 cm³/mol. The Balaban J connectivity index is 2.49. The Morgan fingerprint density at radius 3 is 2.92 bits per heavy atom. The van der Waals surface area contributed by atoms with Crippen LogP contribution in [0.4, 0.5) is 5.82 Å². The van der Waals surface area contributed by atoms with Crippen LogP contribution < -0.4 is 10.6 Å². The van der Waals surface area contributed by atoms with Gasteiger partial charge in [-0.1, -0.05) is 12.2 Å². The molecular formula is C8H12N4S. The van der Waals surface area contributed by atoms with Gasteiger partial charge in [0.15, 0.2) is 0 Å². The summed E-state index contributed by atoms with van der Waals surface area (Å²) < 4.78 is 0. The van der Waals surface area contributed by atoms with Gasteiger partial charge in [-0.25, -0.2) is 4.98 Å². The van der Waals surface area contributed by atoms with Crippen LogP contribution in [0.15, 0.2) is 18.6 Å². The van der Waals surface area contributed by atoms with Crippen LogP contribution in [0.25, 0.3) is 0 Å². The number of aromatic nitrogens is 2. The van der Waals surface area contributed by atoms with Crippen LogP contribution in [-0.4, -0.2) is 28.5 Å². The number of rotatable bonds is 4. The number of thiocarbonyl (C=S) groups is 1. The van der Waals surface area contributed by atoms with Crippen molar-refractivity contribution in [3.63, 3.8) is 0 Å². The zero-order valence-electron chi connectivity index (χ0n) is 7.47. The van der Waals surface area contributed by atoms with Gasteiger partial charge in [0.1, 0.15) is 5.82 Å². The lowest BCUT2D eigenvalue weighted by molar-refractivity contribution is 0.891. The van der Waals surface area contributed by atoms with Crippen LogP contribution >= 0.6 is 12.2 Å². The van der Waals surface area contributed by atoms with Crippen LogP contribution in [0, 0.1) is 0 Å². The minimum Gasteiger partial charge on any atom is -0.393 e. The van der Waals surface area contributed by atoms with Gasteiger partial charge in [0, 0.05) is 32.4 Å². The van der Waals surface area contributed by atoms with E-state index in [1.807, 2.05) is 11.9 Å². The second-order valence-electron chi connectivity index (χ2n) is 2.70. The molecule has 0 aliphatic heterocycles. The largest absolute Gasteiger partial charge is 0.393 e. The van der Waals surface area contributed by atoms with Gasteiger partial charge in [-0.3, -0.25) is 4.98 Å². The number of hydrogen-bond donors (Lipinski definition) is 1. The van der Waals surface area contributed by atoms with Crippen molar-refractivity contribution in [1.82, 2.24) is 9.97 Å². The van der Waals surface area contributed by atoms with E-state index in [2.05, 4.69) is 9.97 Å². The van der Waals surface area contributed by atoms with Gasteiger partial charge in [0.2, 0.25) is 0 Å². The standard InChI is InChI=1S/C8H12N4S/c1-12(5-2-7(9)13)8-6-10-3-4-11-8/h3-4,6H,2,5H2,1H3,(H2,9,13). The Bertz CT molecular complexity index is 275. The molecule has 0 amide bonds. The predicted octanol–water partition coefficient (Wildman–Crippen LogP) is 0.589. The minimum absolute atomic E-state index is 0.524. The Morgan fingerprint density at radius 1 is 1.62 bits per heavy atom. The number of hydrogen-bond acceptors (Lipinski definition) is 4. The molecule has 1 aromatic rings. The Hall–Kier alpha value is -1.23. The molecule has 0 atom stereocenters. The Morgan fingerprint density at radius 2 is 2.38 bits per heavy atom. The number of anilines is 1. The lowest BCUT2D eigenvalue weighted by atomic mass is 10.4. The number of nitrogens with zero attached hydrogens (tertiary/aromatic N) is 3. The molecule has 2 N–H and O–H groups in total. The van der Waals surface area contributed by atoms with Crippen molar-refractivity contribution >= 4 is 23.0 Å². The summed E-state index contributed by atoms with van der Waals surface area (Å²) in [5, 5.41) is 0. The molecule has 0 bridgehead atoms. The zero-order valence-corrected chi connectivity index (χ0v) is 8.29. The highest BCUT2D eigenvalue weighted by Gasteiger charge is 2.01. The van der Waals surface area contributed by atoms with E-state index in [9.17, 15) is 0 Å². The zero-order chi connectivity index (χ0) is 9.68. The molecule has 4 nitrogen and oxygen atoms in total. The van der Waals surface area contributed by atoms with Crippen molar-refractivity contribution < 1.29 is 0 Å². The minimum atomic E-state index is 0.524. The van der Waals surface area contributed by atoms with E-state index in [4.69, 9.17) is 18.0 Å². The fraction of sp³-hybridized carbons (Fsp3) is 0.375. The molecule has 0 radical (unpaired) electrons. The van der Waals surface area contributed by atoms with E-state index in [-0.39, 0.29) is 0 Å². The van der Waals surface area contributed by atoms with Crippen molar-refractivity contribution in [2.45, 2.75) is 6.42 Å². The van der Waals surface area contributed by atoms with Crippen LogP contribution in [0.2, 0.25) is 0 Å². The third kappa shape index (κ3) is 3.33. The summed E-state index contributed by atoms with van der Waals surface area (Å²) in [4.78, 5) is 10.6. The fourth-order valence-electron chi connectivity index (χ4n) is 0.881. The topological polar surface area (TPSA) is 55.0 Å². The second-order valence-corrected chi connectivity index (χ2v) is 3.23. The molecule has 0 spiro atoms. The molecule has 70 valence electrons. The average Bonchev–Trinajstić information content (AvgIpc) is 2.15. The summed E-state index contributed by atoms with van der Waals surface area (Å²) in [7, 11) is 1.93. The first-order valence-electron chi connectivity index (χ1n) is 3.95. The summed E-state index contributed by atoms with van der Waals surface area (Å²) in [5.41, 5.74) is 5.39. The molecule has 0 aliphatic carbocycles. The maximum Gasteiger partial charge on any atom is 0.146 e. The van der Waals surface area contributed by atoms with Crippen LogP contribution in [0.3, 0.4) is 0 Å². The van der Waals surface area contributed by atoms with Crippen molar-refractivity contribution in [2.75, 3.05) is 18.5 Å². The summed E-state index contributed by atoms with van der Waals surface area (Å²) in [6.45, 7) is 0.772. The molecular weight excluding hydrogens is 184 g/mol. The highest BCUT2D eigenvalue weighted by atomic mass is 32.1. The Kier molecular flexibility index (Phi) is 3.57. The maximum atomic E-state index is 5.39. The molecule has 0 saturated carbocycles. The molecule has 1 heterocycles. The van der Waals surface area contributed by atoms with Crippen LogP contribution in [0.1, 0.15) is 6.42 Å². The van der Waals surface area contributed by atoms with Gasteiger partial charge < -0.3 is 10.6 Å². The van der Waals surface area contributed by atoms with Crippen molar-refractivity contribution in [3.8, 4) is 0 Å². The normalized spacial score (nSPS) is 9.62. The van der Waals surface area contributed by atoms with Crippen LogP contribution in [0.5, 0.6) is 0 Å². The van der Waals surface area contributed by atoms with Gasteiger partial charge in [-0.2, -0.15) is 0 Å². The monoisotopic (exact) mass is 196 g/mol. The van der Waals surface area contributed by atoms with Gasteiger partial charge in [0.05, 0.1) is 11.2 Å². The van der Waals surface area contributed by atoms with Crippen LogP contribution in [-0.2, 0) is 0 Å². The number of nitrogens with two attached hydrogens (primary N) is 1. The lowest BCUT2D eigenvalue weighted by Gasteiger charge is -2.16. The molecule has 13 heavy (non-hydrogen) atoms. The quantitative estimate of drug-likeness (QED) is 0.714. The SMILES string of the molecule is CN(CCC(N)=S)c1cnccn1. The summed E-state index contributed by atoms with van der Waals surface area (Å²) in [6, 6.07) is 0. The first kappa shape index (κ1) is 9.85. The van der Waals surface area contributed by atoms with E-state index in [0.29, 0.717) is 11.4 Å².